The van der Waals surface area contributed by atoms with Crippen LogP contribution in [0.15, 0.2) is 4.52 Å². The van der Waals surface area contributed by atoms with Crippen LogP contribution in [0.3, 0.4) is 0 Å². The molecule has 0 atom stereocenters. The van der Waals surface area contributed by atoms with Gasteiger partial charge in [-0.3, -0.25) is 0 Å². The molecule has 1 heterocycles. The summed E-state index contributed by atoms with van der Waals surface area (Å²) in [6.45, 7) is 5.98. The molecule has 2 heteroatoms. The minimum Gasteiger partial charge on any atom is -0.361 e. The highest BCUT2D eigenvalue weighted by molar-refractivity contribution is 5.26. The van der Waals surface area contributed by atoms with Crippen molar-refractivity contribution in [1.29, 1.82) is 0 Å². The van der Waals surface area contributed by atoms with E-state index in [9.17, 15) is 0 Å². The molecule has 0 fully saturated rings. The van der Waals surface area contributed by atoms with Gasteiger partial charge in [0.2, 0.25) is 0 Å². The second-order valence-corrected chi connectivity index (χ2v) is 2.52. The van der Waals surface area contributed by atoms with Crippen molar-refractivity contribution in [1.82, 2.24) is 5.16 Å². The van der Waals surface area contributed by atoms with Gasteiger partial charge in [-0.1, -0.05) is 19.0 Å². The Morgan fingerprint density at radius 2 is 2.00 bits per heavy atom. The highest BCUT2D eigenvalue weighted by Gasteiger charge is 2.17. The lowest BCUT2D eigenvalue weighted by Crippen LogP contribution is -1.75. The number of hydrogen-bond donors (Lipinski definition) is 0. The average molecular weight is 153 g/mol. The summed E-state index contributed by atoms with van der Waals surface area (Å²) in [5.41, 5.74) is 2.54. The standard InChI is InChI=1S/C7H9NO.C2H6/c1-5-6-3-2-4-7(6)8-9-5;1-2/h2-4H2,1H3;1-2H3. The summed E-state index contributed by atoms with van der Waals surface area (Å²) in [5, 5.41) is 3.92. The average Bonchev–Trinajstić information content (AvgIpc) is 2.60. The second kappa shape index (κ2) is 3.56. The topological polar surface area (TPSA) is 26.0 Å². The molecular formula is C9H15NO. The number of hydrogen-bond acceptors (Lipinski definition) is 2. The zero-order valence-electron chi connectivity index (χ0n) is 7.48. The van der Waals surface area contributed by atoms with E-state index in [1.807, 2.05) is 20.8 Å². The van der Waals surface area contributed by atoms with Gasteiger partial charge in [0.05, 0.1) is 5.69 Å². The smallest absolute Gasteiger partial charge is 0.137 e. The van der Waals surface area contributed by atoms with E-state index < -0.39 is 0 Å². The van der Waals surface area contributed by atoms with Crippen LogP contribution in [-0.4, -0.2) is 5.16 Å². The van der Waals surface area contributed by atoms with Gasteiger partial charge < -0.3 is 4.52 Å². The minimum absolute atomic E-state index is 1.02. The largest absolute Gasteiger partial charge is 0.361 e. The molecule has 2 rings (SSSR count). The number of aryl methyl sites for hydroxylation is 2. The Morgan fingerprint density at radius 3 is 2.64 bits per heavy atom. The molecule has 2 nitrogen and oxygen atoms in total. The van der Waals surface area contributed by atoms with Gasteiger partial charge in [0.25, 0.3) is 0 Å². The maximum atomic E-state index is 4.99. The third-order valence-electron chi connectivity index (χ3n) is 1.91. The van der Waals surface area contributed by atoms with Crippen LogP contribution in [0.2, 0.25) is 0 Å². The number of rotatable bonds is 0. The molecule has 1 aliphatic carbocycles. The van der Waals surface area contributed by atoms with E-state index in [1.165, 1.54) is 24.1 Å². The molecule has 0 N–H and O–H groups in total. The molecule has 0 spiro atoms. The van der Waals surface area contributed by atoms with Gasteiger partial charge in [0.1, 0.15) is 5.76 Å². The van der Waals surface area contributed by atoms with Crippen molar-refractivity contribution in [2.45, 2.75) is 40.0 Å². The molecule has 0 saturated heterocycles. The highest BCUT2D eigenvalue weighted by atomic mass is 16.5. The highest BCUT2D eigenvalue weighted by Crippen LogP contribution is 2.23. The molecule has 0 unspecified atom stereocenters. The van der Waals surface area contributed by atoms with Crippen molar-refractivity contribution in [2.24, 2.45) is 0 Å². The van der Waals surface area contributed by atoms with Crippen LogP contribution in [0.5, 0.6) is 0 Å². The number of fused-ring (bicyclic) bond motifs is 1. The molecule has 1 aliphatic rings. The predicted octanol–water partition coefficient (Wildman–Crippen LogP) is 2.50. The van der Waals surface area contributed by atoms with Gasteiger partial charge in [-0.25, -0.2) is 0 Å². The van der Waals surface area contributed by atoms with Gasteiger partial charge in [0.15, 0.2) is 0 Å². The fourth-order valence-electron chi connectivity index (χ4n) is 1.39. The lowest BCUT2D eigenvalue weighted by Gasteiger charge is -1.83. The van der Waals surface area contributed by atoms with Crippen molar-refractivity contribution in [3.63, 3.8) is 0 Å². The van der Waals surface area contributed by atoms with Crippen LogP contribution in [0, 0.1) is 6.92 Å². The summed E-state index contributed by atoms with van der Waals surface area (Å²) in [7, 11) is 0. The summed E-state index contributed by atoms with van der Waals surface area (Å²) in [6.07, 6.45) is 3.55. The van der Waals surface area contributed by atoms with E-state index in [0.29, 0.717) is 0 Å². The third-order valence-corrected chi connectivity index (χ3v) is 1.91. The van der Waals surface area contributed by atoms with Crippen molar-refractivity contribution in [2.75, 3.05) is 0 Å². The fourth-order valence-corrected chi connectivity index (χ4v) is 1.39. The molecule has 0 radical (unpaired) electrons. The van der Waals surface area contributed by atoms with Crippen LogP contribution in [0.1, 0.15) is 37.3 Å². The van der Waals surface area contributed by atoms with Gasteiger partial charge in [-0.2, -0.15) is 0 Å². The first-order valence-electron chi connectivity index (χ1n) is 4.32. The van der Waals surface area contributed by atoms with Crippen molar-refractivity contribution in [3.8, 4) is 0 Å². The molecule has 1 aromatic rings. The normalized spacial score (nSPS) is 13.7. The zero-order chi connectivity index (χ0) is 8.27. The van der Waals surface area contributed by atoms with Crippen molar-refractivity contribution < 1.29 is 4.52 Å². The molecule has 11 heavy (non-hydrogen) atoms. The van der Waals surface area contributed by atoms with Crippen LogP contribution >= 0.6 is 0 Å². The van der Waals surface area contributed by atoms with Gasteiger partial charge in [-0.05, 0) is 26.2 Å². The van der Waals surface area contributed by atoms with Gasteiger partial charge in [-0.15, -0.1) is 0 Å². The monoisotopic (exact) mass is 153 g/mol. The Morgan fingerprint density at radius 1 is 1.27 bits per heavy atom. The van der Waals surface area contributed by atoms with E-state index >= 15 is 0 Å². The first-order chi connectivity index (χ1) is 5.38. The van der Waals surface area contributed by atoms with Crippen molar-refractivity contribution in [3.05, 3.63) is 17.0 Å². The second-order valence-electron chi connectivity index (χ2n) is 2.52. The summed E-state index contributed by atoms with van der Waals surface area (Å²) < 4.78 is 4.99. The Kier molecular flexibility index (Phi) is 2.69. The maximum absolute atomic E-state index is 4.99. The molecule has 0 saturated carbocycles. The SMILES string of the molecule is CC.Cc1onc2c1CCC2. The Balaban J connectivity index is 0.000000281. The van der Waals surface area contributed by atoms with Crippen LogP contribution in [0.25, 0.3) is 0 Å². The number of aromatic nitrogens is 1. The molecule has 0 bridgehead atoms. The molecule has 0 aliphatic heterocycles. The van der Waals surface area contributed by atoms with Crippen LogP contribution in [-0.2, 0) is 12.8 Å². The maximum Gasteiger partial charge on any atom is 0.137 e. The first kappa shape index (κ1) is 8.31. The van der Waals surface area contributed by atoms with Gasteiger partial charge >= 0.3 is 0 Å². The fraction of sp³-hybridized carbons (Fsp3) is 0.667. The first-order valence-corrected chi connectivity index (χ1v) is 4.32. The summed E-state index contributed by atoms with van der Waals surface area (Å²) in [4.78, 5) is 0. The zero-order valence-corrected chi connectivity index (χ0v) is 7.48. The van der Waals surface area contributed by atoms with E-state index in [0.717, 1.165) is 12.2 Å². The third kappa shape index (κ3) is 1.44. The summed E-state index contributed by atoms with van der Waals surface area (Å²) in [5.74, 6) is 1.02. The van der Waals surface area contributed by atoms with E-state index in [4.69, 9.17) is 4.52 Å². The van der Waals surface area contributed by atoms with Crippen LogP contribution in [0.4, 0.5) is 0 Å². The molecule has 1 aromatic heterocycles. The predicted molar refractivity (Wildman–Crippen MR) is 44.6 cm³/mol. The Hall–Kier alpha value is -0.790. The summed E-state index contributed by atoms with van der Waals surface area (Å²) in [6, 6.07) is 0. The lowest BCUT2D eigenvalue weighted by atomic mass is 10.2. The molecule has 0 amide bonds. The molecule has 62 valence electrons. The Bertz CT molecular complexity index is 227. The quantitative estimate of drug-likeness (QED) is 0.572. The van der Waals surface area contributed by atoms with E-state index in [2.05, 4.69) is 5.16 Å². The number of nitrogens with zero attached hydrogens (tertiary/aromatic N) is 1. The van der Waals surface area contributed by atoms with E-state index in [-0.39, 0.29) is 0 Å². The molecule has 0 aromatic carbocycles. The van der Waals surface area contributed by atoms with E-state index in [1.54, 1.807) is 0 Å². The lowest BCUT2D eigenvalue weighted by molar-refractivity contribution is 0.386. The van der Waals surface area contributed by atoms with Crippen molar-refractivity contribution >= 4 is 0 Å². The summed E-state index contributed by atoms with van der Waals surface area (Å²) >= 11 is 0. The molecular weight excluding hydrogens is 138 g/mol. The minimum atomic E-state index is 1.02. The van der Waals surface area contributed by atoms with Gasteiger partial charge in [0, 0.05) is 5.56 Å². The Labute approximate surface area is 67.6 Å². The van der Waals surface area contributed by atoms with Crippen LogP contribution < -0.4 is 0 Å².